The molecule has 0 amide bonds. The number of carbonyl (C=O) groups is 1. The normalized spacial score (nSPS) is 23.0. The van der Waals surface area contributed by atoms with Gasteiger partial charge in [0.2, 0.25) is 0 Å². The Morgan fingerprint density at radius 2 is 2.19 bits per heavy atom. The first-order valence-electron chi connectivity index (χ1n) is 6.98. The minimum atomic E-state index is -0.715. The average molecular weight is 332 g/mol. The topological polar surface area (TPSA) is 49.8 Å². The number of benzene rings is 1. The SMILES string of the molecule is CC1CC(C(=O)O)CN(CCOc2ccc(Cl)cc2Cl)C1. The van der Waals surface area contributed by atoms with Crippen molar-refractivity contribution in [2.24, 2.45) is 11.8 Å². The first-order valence-corrected chi connectivity index (χ1v) is 7.74. The summed E-state index contributed by atoms with van der Waals surface area (Å²) in [6, 6.07) is 5.11. The van der Waals surface area contributed by atoms with E-state index in [-0.39, 0.29) is 5.92 Å². The van der Waals surface area contributed by atoms with E-state index in [0.717, 1.165) is 13.0 Å². The second-order valence-electron chi connectivity index (χ2n) is 5.56. The Bertz CT molecular complexity index is 510. The lowest BCUT2D eigenvalue weighted by Gasteiger charge is -2.34. The van der Waals surface area contributed by atoms with Gasteiger partial charge in [-0.15, -0.1) is 0 Å². The molecule has 1 saturated heterocycles. The summed E-state index contributed by atoms with van der Waals surface area (Å²) in [7, 11) is 0. The van der Waals surface area contributed by atoms with Crippen LogP contribution in [-0.2, 0) is 4.79 Å². The van der Waals surface area contributed by atoms with Crippen molar-refractivity contribution in [2.75, 3.05) is 26.2 Å². The Balaban J connectivity index is 1.83. The molecule has 0 saturated carbocycles. The van der Waals surface area contributed by atoms with Crippen LogP contribution in [0.1, 0.15) is 13.3 Å². The van der Waals surface area contributed by atoms with Gasteiger partial charge in [0.05, 0.1) is 10.9 Å². The van der Waals surface area contributed by atoms with Crippen molar-refractivity contribution in [1.29, 1.82) is 0 Å². The minimum Gasteiger partial charge on any atom is -0.491 e. The lowest BCUT2D eigenvalue weighted by molar-refractivity contribution is -0.144. The third kappa shape index (κ3) is 4.77. The minimum absolute atomic E-state index is 0.284. The van der Waals surface area contributed by atoms with Crippen molar-refractivity contribution in [1.82, 2.24) is 4.90 Å². The maximum absolute atomic E-state index is 11.1. The van der Waals surface area contributed by atoms with Gasteiger partial charge in [0, 0.05) is 24.7 Å². The van der Waals surface area contributed by atoms with Gasteiger partial charge in [-0.1, -0.05) is 30.1 Å². The molecule has 0 aromatic heterocycles. The van der Waals surface area contributed by atoms with Crippen LogP contribution in [0.5, 0.6) is 5.75 Å². The lowest BCUT2D eigenvalue weighted by atomic mass is 9.90. The molecule has 1 fully saturated rings. The van der Waals surface area contributed by atoms with Gasteiger partial charge in [0.1, 0.15) is 12.4 Å². The van der Waals surface area contributed by atoms with E-state index < -0.39 is 5.97 Å². The number of hydrogen-bond acceptors (Lipinski definition) is 3. The molecule has 21 heavy (non-hydrogen) atoms. The summed E-state index contributed by atoms with van der Waals surface area (Å²) in [5, 5.41) is 10.2. The molecule has 6 heteroatoms. The molecule has 0 aliphatic carbocycles. The summed E-state index contributed by atoms with van der Waals surface area (Å²) in [5.41, 5.74) is 0. The van der Waals surface area contributed by atoms with E-state index in [1.165, 1.54) is 0 Å². The smallest absolute Gasteiger partial charge is 0.307 e. The Morgan fingerprint density at radius 3 is 2.86 bits per heavy atom. The van der Waals surface area contributed by atoms with Crippen LogP contribution in [-0.4, -0.2) is 42.2 Å². The molecule has 0 spiro atoms. The molecule has 2 unspecified atom stereocenters. The molecule has 0 bridgehead atoms. The highest BCUT2D eigenvalue weighted by Gasteiger charge is 2.29. The van der Waals surface area contributed by atoms with Gasteiger partial charge in [0.25, 0.3) is 0 Å². The Labute approximate surface area is 134 Å². The van der Waals surface area contributed by atoms with Crippen LogP contribution in [0.4, 0.5) is 0 Å². The number of hydrogen-bond donors (Lipinski definition) is 1. The number of piperidine rings is 1. The average Bonchev–Trinajstić information content (AvgIpc) is 2.40. The number of likely N-dealkylation sites (tertiary alicyclic amines) is 1. The third-order valence-electron chi connectivity index (χ3n) is 3.64. The van der Waals surface area contributed by atoms with Crippen LogP contribution in [0.3, 0.4) is 0 Å². The molecule has 1 aromatic carbocycles. The Kier molecular flexibility index (Phi) is 5.73. The van der Waals surface area contributed by atoms with Crippen LogP contribution in [0.15, 0.2) is 18.2 Å². The van der Waals surface area contributed by atoms with Gasteiger partial charge in [-0.2, -0.15) is 0 Å². The van der Waals surface area contributed by atoms with Crippen LogP contribution < -0.4 is 4.74 Å². The Hall–Kier alpha value is -0.970. The number of halogens is 2. The fourth-order valence-corrected chi connectivity index (χ4v) is 3.16. The van der Waals surface area contributed by atoms with Crippen LogP contribution in [0.2, 0.25) is 10.0 Å². The molecule has 1 heterocycles. The summed E-state index contributed by atoms with van der Waals surface area (Å²) in [6.07, 6.45) is 0.746. The fourth-order valence-electron chi connectivity index (χ4n) is 2.70. The predicted molar refractivity (Wildman–Crippen MR) is 83.3 cm³/mol. The van der Waals surface area contributed by atoms with E-state index in [1.54, 1.807) is 18.2 Å². The van der Waals surface area contributed by atoms with Crippen molar-refractivity contribution in [2.45, 2.75) is 13.3 Å². The van der Waals surface area contributed by atoms with Gasteiger partial charge in [-0.25, -0.2) is 0 Å². The van der Waals surface area contributed by atoms with E-state index in [1.807, 2.05) is 0 Å². The number of rotatable bonds is 5. The molecular formula is C15H19Cl2NO3. The largest absolute Gasteiger partial charge is 0.491 e. The zero-order valence-electron chi connectivity index (χ0n) is 11.9. The first kappa shape index (κ1) is 16.4. The van der Waals surface area contributed by atoms with Crippen molar-refractivity contribution < 1.29 is 14.6 Å². The highest BCUT2D eigenvalue weighted by Crippen LogP contribution is 2.27. The standard InChI is InChI=1S/C15H19Cl2NO3/c1-10-6-11(15(19)20)9-18(8-10)4-5-21-14-3-2-12(16)7-13(14)17/h2-3,7,10-11H,4-6,8-9H2,1H3,(H,19,20). The number of nitrogens with zero attached hydrogens (tertiary/aromatic N) is 1. The summed E-state index contributed by atoms with van der Waals surface area (Å²) in [4.78, 5) is 13.3. The zero-order valence-corrected chi connectivity index (χ0v) is 13.4. The Morgan fingerprint density at radius 1 is 1.43 bits per heavy atom. The summed E-state index contributed by atoms with van der Waals surface area (Å²) in [6.45, 7) is 4.73. The van der Waals surface area contributed by atoms with Gasteiger partial charge in [0.15, 0.2) is 0 Å². The molecule has 1 aliphatic rings. The maximum atomic E-state index is 11.1. The van der Waals surface area contributed by atoms with Crippen molar-refractivity contribution in [3.8, 4) is 5.75 Å². The second-order valence-corrected chi connectivity index (χ2v) is 6.40. The third-order valence-corrected chi connectivity index (χ3v) is 4.17. The summed E-state index contributed by atoms with van der Waals surface area (Å²) >= 11 is 11.9. The molecule has 1 N–H and O–H groups in total. The van der Waals surface area contributed by atoms with Crippen LogP contribution >= 0.6 is 23.2 Å². The van der Waals surface area contributed by atoms with E-state index >= 15 is 0 Å². The fraction of sp³-hybridized carbons (Fsp3) is 0.533. The van der Waals surface area contributed by atoms with E-state index in [9.17, 15) is 4.79 Å². The van der Waals surface area contributed by atoms with Gasteiger partial charge >= 0.3 is 5.97 Å². The van der Waals surface area contributed by atoms with Crippen molar-refractivity contribution >= 4 is 29.2 Å². The van der Waals surface area contributed by atoms with Gasteiger partial charge in [-0.3, -0.25) is 9.69 Å². The van der Waals surface area contributed by atoms with E-state index in [4.69, 9.17) is 33.0 Å². The highest BCUT2D eigenvalue weighted by atomic mass is 35.5. The number of ether oxygens (including phenoxy) is 1. The number of aliphatic carboxylic acids is 1. The van der Waals surface area contributed by atoms with Gasteiger partial charge in [-0.05, 0) is 30.5 Å². The summed E-state index contributed by atoms with van der Waals surface area (Å²) in [5.74, 6) is -0.0130. The number of carboxylic acids is 1. The summed E-state index contributed by atoms with van der Waals surface area (Å²) < 4.78 is 5.65. The molecule has 1 aliphatic heterocycles. The van der Waals surface area contributed by atoms with E-state index in [2.05, 4.69) is 11.8 Å². The van der Waals surface area contributed by atoms with Gasteiger partial charge < -0.3 is 9.84 Å². The maximum Gasteiger partial charge on any atom is 0.307 e. The second kappa shape index (κ2) is 7.34. The van der Waals surface area contributed by atoms with Crippen molar-refractivity contribution in [3.63, 3.8) is 0 Å². The molecule has 2 rings (SSSR count). The molecule has 116 valence electrons. The zero-order chi connectivity index (χ0) is 15.4. The monoisotopic (exact) mass is 331 g/mol. The van der Waals surface area contributed by atoms with Crippen molar-refractivity contribution in [3.05, 3.63) is 28.2 Å². The van der Waals surface area contributed by atoms with Crippen LogP contribution in [0.25, 0.3) is 0 Å². The van der Waals surface area contributed by atoms with E-state index in [0.29, 0.717) is 41.4 Å². The lowest BCUT2D eigenvalue weighted by Crippen LogP contribution is -2.44. The first-order chi connectivity index (χ1) is 9.95. The molecular weight excluding hydrogens is 313 g/mol. The quantitative estimate of drug-likeness (QED) is 0.898. The highest BCUT2D eigenvalue weighted by molar-refractivity contribution is 6.35. The molecule has 0 radical (unpaired) electrons. The number of carboxylic acid groups (broad SMARTS) is 1. The van der Waals surface area contributed by atoms with Crippen LogP contribution in [0, 0.1) is 11.8 Å². The molecule has 2 atom stereocenters. The predicted octanol–water partition coefficient (Wildman–Crippen LogP) is 3.41. The molecule has 1 aromatic rings. The molecule has 4 nitrogen and oxygen atoms in total.